The predicted molar refractivity (Wildman–Crippen MR) is 82.3 cm³/mol. The van der Waals surface area contributed by atoms with Crippen molar-refractivity contribution < 1.29 is 18.1 Å². The highest BCUT2D eigenvalue weighted by Crippen LogP contribution is 2.28. The van der Waals surface area contributed by atoms with Crippen LogP contribution in [0.25, 0.3) is 0 Å². The molecule has 8 nitrogen and oxygen atoms in total. The second-order valence-corrected chi connectivity index (χ2v) is 6.47. The Bertz CT molecular complexity index is 618. The molecule has 9 heteroatoms. The van der Waals surface area contributed by atoms with E-state index in [9.17, 15) is 18.5 Å². The van der Waals surface area contributed by atoms with Gasteiger partial charge in [-0.15, -0.1) is 0 Å². The average molecular weight is 331 g/mol. The summed E-state index contributed by atoms with van der Waals surface area (Å²) in [5.74, 6) is 0.0457. The molecule has 1 rings (SSSR count). The Kier molecular flexibility index (Phi) is 6.72. The molecule has 0 saturated carbocycles. The van der Waals surface area contributed by atoms with Gasteiger partial charge in [0.25, 0.3) is 5.69 Å². The van der Waals surface area contributed by atoms with E-state index >= 15 is 0 Å². The molecule has 1 unspecified atom stereocenters. The molecule has 124 valence electrons. The summed E-state index contributed by atoms with van der Waals surface area (Å²) in [4.78, 5) is 9.91. The van der Waals surface area contributed by atoms with Crippen LogP contribution >= 0.6 is 0 Å². The Morgan fingerprint density at radius 1 is 1.45 bits per heavy atom. The Morgan fingerprint density at radius 2 is 2.14 bits per heavy atom. The van der Waals surface area contributed by atoms with Gasteiger partial charge in [-0.1, -0.05) is 19.8 Å². The van der Waals surface area contributed by atoms with E-state index < -0.39 is 21.0 Å². The fourth-order valence-corrected chi connectivity index (χ4v) is 3.42. The van der Waals surface area contributed by atoms with Crippen LogP contribution in [0.1, 0.15) is 26.2 Å². The molecule has 0 aliphatic rings. The van der Waals surface area contributed by atoms with Gasteiger partial charge in [0.15, 0.2) is 0 Å². The van der Waals surface area contributed by atoms with Crippen LogP contribution < -0.4 is 15.2 Å². The maximum Gasteiger partial charge on any atom is 0.271 e. The number of hydrogen-bond acceptors (Lipinski definition) is 6. The van der Waals surface area contributed by atoms with Crippen LogP contribution in [0, 0.1) is 10.1 Å². The number of rotatable bonds is 9. The third kappa shape index (κ3) is 4.65. The molecular formula is C13H21N3O5S. The van der Waals surface area contributed by atoms with Gasteiger partial charge in [-0.05, 0) is 12.5 Å². The molecule has 3 N–H and O–H groups in total. The van der Waals surface area contributed by atoms with Crippen LogP contribution in [0.15, 0.2) is 23.1 Å². The third-order valence-corrected chi connectivity index (χ3v) is 4.70. The summed E-state index contributed by atoms with van der Waals surface area (Å²) >= 11 is 0. The summed E-state index contributed by atoms with van der Waals surface area (Å²) in [6, 6.07) is 3.01. The minimum Gasteiger partial charge on any atom is -0.495 e. The fraction of sp³-hybridized carbons (Fsp3) is 0.538. The molecule has 1 atom stereocenters. The molecule has 0 aliphatic carbocycles. The Balaban J connectivity index is 3.14. The first-order chi connectivity index (χ1) is 10.4. The SMILES string of the molecule is CCCCC(CN)NS(=O)(=O)c1cc([N+](=O)[O-])ccc1OC. The van der Waals surface area contributed by atoms with Gasteiger partial charge in [0.2, 0.25) is 10.0 Å². The number of nitrogens with two attached hydrogens (primary N) is 1. The lowest BCUT2D eigenvalue weighted by molar-refractivity contribution is -0.385. The van der Waals surface area contributed by atoms with Crippen molar-refractivity contribution in [2.75, 3.05) is 13.7 Å². The monoisotopic (exact) mass is 331 g/mol. The van der Waals surface area contributed by atoms with E-state index in [0.29, 0.717) is 6.42 Å². The Labute approximate surface area is 129 Å². The first-order valence-corrected chi connectivity index (χ1v) is 8.38. The second-order valence-electron chi connectivity index (χ2n) is 4.79. The summed E-state index contributed by atoms with van der Waals surface area (Å²) in [6.45, 7) is 2.14. The van der Waals surface area contributed by atoms with E-state index in [1.807, 2.05) is 6.92 Å². The van der Waals surface area contributed by atoms with Crippen molar-refractivity contribution in [2.24, 2.45) is 5.73 Å². The van der Waals surface area contributed by atoms with Crippen LogP contribution in [-0.4, -0.2) is 33.0 Å². The number of unbranched alkanes of at least 4 members (excludes halogenated alkanes) is 1. The predicted octanol–water partition coefficient (Wildman–Crippen LogP) is 1.40. The van der Waals surface area contributed by atoms with Crippen molar-refractivity contribution in [1.29, 1.82) is 0 Å². The zero-order chi connectivity index (χ0) is 16.8. The van der Waals surface area contributed by atoms with Crippen LogP contribution in [-0.2, 0) is 10.0 Å². The normalized spacial score (nSPS) is 12.9. The van der Waals surface area contributed by atoms with E-state index in [1.54, 1.807) is 0 Å². The number of ether oxygens (including phenoxy) is 1. The molecule has 1 aromatic carbocycles. The maximum atomic E-state index is 12.4. The number of nitrogens with one attached hydrogen (secondary N) is 1. The van der Waals surface area contributed by atoms with Crippen molar-refractivity contribution in [2.45, 2.75) is 37.1 Å². The minimum atomic E-state index is -3.96. The quantitative estimate of drug-likeness (QED) is 0.520. The standard InChI is InChI=1S/C13H21N3O5S/c1-3-4-5-10(9-14)15-22(19,20)13-8-11(16(17)18)6-7-12(13)21-2/h6-8,10,15H,3-5,9,14H2,1-2H3. The van der Waals surface area contributed by atoms with Crippen LogP contribution in [0.5, 0.6) is 5.75 Å². The largest absolute Gasteiger partial charge is 0.495 e. The van der Waals surface area contributed by atoms with Crippen LogP contribution in [0.2, 0.25) is 0 Å². The summed E-state index contributed by atoms with van der Waals surface area (Å²) in [5.41, 5.74) is 5.26. The van der Waals surface area contributed by atoms with Crippen molar-refractivity contribution in [1.82, 2.24) is 4.72 Å². The van der Waals surface area contributed by atoms with Crippen molar-refractivity contribution in [3.63, 3.8) is 0 Å². The Morgan fingerprint density at radius 3 is 2.64 bits per heavy atom. The van der Waals surface area contributed by atoms with Gasteiger partial charge in [-0.25, -0.2) is 13.1 Å². The number of hydrogen-bond donors (Lipinski definition) is 2. The summed E-state index contributed by atoms with van der Waals surface area (Å²) < 4.78 is 32.4. The minimum absolute atomic E-state index is 0.0457. The molecule has 0 fully saturated rings. The van der Waals surface area contributed by atoms with Crippen LogP contribution in [0.4, 0.5) is 5.69 Å². The molecule has 0 aliphatic heterocycles. The number of sulfonamides is 1. The molecule has 0 radical (unpaired) electrons. The van der Waals surface area contributed by atoms with Crippen molar-refractivity contribution in [3.05, 3.63) is 28.3 Å². The highest BCUT2D eigenvalue weighted by molar-refractivity contribution is 7.89. The molecular weight excluding hydrogens is 310 g/mol. The average Bonchev–Trinajstić information content (AvgIpc) is 2.50. The zero-order valence-corrected chi connectivity index (χ0v) is 13.4. The first kappa shape index (κ1) is 18.3. The van der Waals surface area contributed by atoms with E-state index in [2.05, 4.69) is 4.72 Å². The summed E-state index contributed by atoms with van der Waals surface area (Å²) in [6.07, 6.45) is 2.35. The Hall–Kier alpha value is -1.71. The van der Waals surface area contributed by atoms with E-state index in [1.165, 1.54) is 19.2 Å². The number of nitro benzene ring substituents is 1. The lowest BCUT2D eigenvalue weighted by Gasteiger charge is -2.17. The smallest absolute Gasteiger partial charge is 0.271 e. The molecule has 0 saturated heterocycles. The van der Waals surface area contributed by atoms with Crippen molar-refractivity contribution in [3.8, 4) is 5.75 Å². The number of nitro groups is 1. The molecule has 0 aromatic heterocycles. The molecule has 22 heavy (non-hydrogen) atoms. The van der Waals surface area contributed by atoms with E-state index in [-0.39, 0.29) is 22.9 Å². The van der Waals surface area contributed by atoms with Crippen LogP contribution in [0.3, 0.4) is 0 Å². The van der Waals surface area contributed by atoms with E-state index in [0.717, 1.165) is 18.9 Å². The van der Waals surface area contributed by atoms with Gasteiger partial charge in [-0.2, -0.15) is 0 Å². The number of non-ortho nitro benzene ring substituents is 1. The maximum absolute atomic E-state index is 12.4. The van der Waals surface area contributed by atoms with Gasteiger partial charge in [0.05, 0.1) is 12.0 Å². The molecule has 1 aromatic rings. The molecule has 0 amide bonds. The number of methoxy groups -OCH3 is 1. The van der Waals surface area contributed by atoms with Crippen molar-refractivity contribution >= 4 is 15.7 Å². The summed E-state index contributed by atoms with van der Waals surface area (Å²) in [5, 5.41) is 10.8. The fourth-order valence-electron chi connectivity index (χ4n) is 1.95. The topological polar surface area (TPSA) is 125 Å². The first-order valence-electron chi connectivity index (χ1n) is 6.90. The van der Waals surface area contributed by atoms with Gasteiger partial charge in [-0.3, -0.25) is 10.1 Å². The van der Waals surface area contributed by atoms with E-state index in [4.69, 9.17) is 10.5 Å². The summed E-state index contributed by atoms with van der Waals surface area (Å²) in [7, 11) is -2.66. The zero-order valence-electron chi connectivity index (χ0n) is 12.6. The number of benzene rings is 1. The van der Waals surface area contributed by atoms with Gasteiger partial charge in [0.1, 0.15) is 10.6 Å². The number of nitrogens with zero attached hydrogens (tertiary/aromatic N) is 1. The van der Waals surface area contributed by atoms with Gasteiger partial charge < -0.3 is 10.5 Å². The lowest BCUT2D eigenvalue weighted by atomic mass is 10.1. The van der Waals surface area contributed by atoms with Gasteiger partial charge in [0, 0.05) is 24.7 Å². The molecule has 0 spiro atoms. The molecule has 0 bridgehead atoms. The molecule has 0 heterocycles. The highest BCUT2D eigenvalue weighted by atomic mass is 32.2. The second kappa shape index (κ2) is 8.06. The highest BCUT2D eigenvalue weighted by Gasteiger charge is 2.25. The lowest BCUT2D eigenvalue weighted by Crippen LogP contribution is -2.40. The van der Waals surface area contributed by atoms with Gasteiger partial charge >= 0.3 is 0 Å². The third-order valence-electron chi connectivity index (χ3n) is 3.16.